The molecule has 0 aliphatic heterocycles. The molecule has 0 aliphatic rings. The molecule has 3 aromatic rings. The zero-order valence-electron chi connectivity index (χ0n) is 13.0. The predicted molar refractivity (Wildman–Crippen MR) is 103 cm³/mol. The molecule has 0 spiro atoms. The zero-order valence-corrected chi connectivity index (χ0v) is 15.4. The average Bonchev–Trinajstić information content (AvgIpc) is 3.04. The lowest BCUT2D eigenvalue weighted by molar-refractivity contribution is -0.113. The summed E-state index contributed by atoms with van der Waals surface area (Å²) < 4.78 is 5.31. The Morgan fingerprint density at radius 2 is 1.92 bits per heavy atom. The van der Waals surface area contributed by atoms with Gasteiger partial charge in [-0.1, -0.05) is 46.6 Å². The number of hydrogen-bond acceptors (Lipinski definition) is 4. The summed E-state index contributed by atoms with van der Waals surface area (Å²) in [5, 5.41) is 7.95. The number of aromatic nitrogens is 1. The van der Waals surface area contributed by atoms with Crippen LogP contribution in [0.1, 0.15) is 5.76 Å². The molecule has 1 aromatic heterocycles. The predicted octanol–water partition coefficient (Wildman–Crippen LogP) is 5.52. The van der Waals surface area contributed by atoms with Crippen molar-refractivity contribution in [3.8, 4) is 11.3 Å². The van der Waals surface area contributed by atoms with Gasteiger partial charge in [0, 0.05) is 22.3 Å². The monoisotopic (exact) mass is 392 g/mol. The van der Waals surface area contributed by atoms with Crippen molar-refractivity contribution in [2.45, 2.75) is 5.75 Å². The smallest absolute Gasteiger partial charge is 0.234 e. The van der Waals surface area contributed by atoms with E-state index in [1.807, 2.05) is 36.4 Å². The summed E-state index contributed by atoms with van der Waals surface area (Å²) in [6.07, 6.45) is 0. The number of carbonyl (C=O) groups excluding carboxylic acids is 1. The van der Waals surface area contributed by atoms with Crippen LogP contribution in [0.4, 0.5) is 5.69 Å². The zero-order chi connectivity index (χ0) is 17.6. The highest BCUT2D eigenvalue weighted by Crippen LogP contribution is 2.30. The first-order valence-corrected chi connectivity index (χ1v) is 9.36. The molecular weight excluding hydrogens is 379 g/mol. The highest BCUT2D eigenvalue weighted by molar-refractivity contribution is 7.99. The summed E-state index contributed by atoms with van der Waals surface area (Å²) in [5.74, 6) is 1.49. The van der Waals surface area contributed by atoms with Gasteiger partial charge in [-0.25, -0.2) is 0 Å². The van der Waals surface area contributed by atoms with Crippen molar-refractivity contribution in [2.75, 3.05) is 11.1 Å². The van der Waals surface area contributed by atoms with Crippen LogP contribution < -0.4 is 5.32 Å². The third-order valence-corrected chi connectivity index (χ3v) is 4.80. The highest BCUT2D eigenvalue weighted by atomic mass is 35.5. The first kappa shape index (κ1) is 17.9. The Morgan fingerprint density at radius 3 is 2.68 bits per heavy atom. The first-order valence-electron chi connectivity index (χ1n) is 7.45. The van der Waals surface area contributed by atoms with Crippen molar-refractivity contribution in [3.63, 3.8) is 0 Å². The Balaban J connectivity index is 1.53. The molecule has 0 saturated carbocycles. The minimum atomic E-state index is -0.0586. The van der Waals surface area contributed by atoms with Crippen molar-refractivity contribution in [1.82, 2.24) is 5.16 Å². The fraction of sp³-hybridized carbons (Fsp3) is 0.111. The molecule has 4 nitrogen and oxygen atoms in total. The molecule has 0 bridgehead atoms. The second-order valence-corrected chi connectivity index (χ2v) is 7.04. The molecule has 7 heteroatoms. The quantitative estimate of drug-likeness (QED) is 0.599. The van der Waals surface area contributed by atoms with Crippen LogP contribution in [0.5, 0.6) is 0 Å². The van der Waals surface area contributed by atoms with E-state index in [0.29, 0.717) is 33.0 Å². The van der Waals surface area contributed by atoms with E-state index in [1.165, 1.54) is 11.8 Å². The van der Waals surface area contributed by atoms with Crippen molar-refractivity contribution in [2.24, 2.45) is 0 Å². The van der Waals surface area contributed by atoms with Crippen molar-refractivity contribution in [1.29, 1.82) is 0 Å². The Kier molecular flexibility index (Phi) is 6.02. The van der Waals surface area contributed by atoms with Gasteiger partial charge in [-0.15, -0.1) is 11.8 Å². The highest BCUT2D eigenvalue weighted by Gasteiger charge is 2.11. The molecule has 0 aliphatic carbocycles. The molecule has 1 N–H and O–H groups in total. The lowest BCUT2D eigenvalue weighted by atomic mass is 10.1. The largest absolute Gasteiger partial charge is 0.360 e. The van der Waals surface area contributed by atoms with Crippen molar-refractivity contribution < 1.29 is 9.32 Å². The van der Waals surface area contributed by atoms with Gasteiger partial charge >= 0.3 is 0 Å². The van der Waals surface area contributed by atoms with E-state index in [9.17, 15) is 4.79 Å². The molecule has 2 aromatic carbocycles. The number of carbonyl (C=O) groups is 1. The van der Waals surface area contributed by atoms with Gasteiger partial charge in [-0.05, 0) is 30.3 Å². The number of nitrogens with one attached hydrogen (secondary N) is 1. The van der Waals surface area contributed by atoms with Crippen LogP contribution in [0.25, 0.3) is 11.3 Å². The van der Waals surface area contributed by atoms with Crippen LogP contribution in [-0.2, 0) is 10.5 Å². The fourth-order valence-corrected chi connectivity index (χ4v) is 3.37. The summed E-state index contributed by atoms with van der Waals surface area (Å²) in [5.41, 5.74) is 2.19. The van der Waals surface area contributed by atoms with Gasteiger partial charge in [0.2, 0.25) is 5.91 Å². The average molecular weight is 393 g/mol. The minimum absolute atomic E-state index is 0.0586. The maximum absolute atomic E-state index is 11.9. The van der Waals surface area contributed by atoms with E-state index >= 15 is 0 Å². The number of thioether (sulfide) groups is 1. The van der Waals surface area contributed by atoms with Crippen molar-refractivity contribution >= 4 is 46.6 Å². The Bertz CT molecular complexity index is 869. The maximum atomic E-state index is 11.9. The Hall–Kier alpha value is -1.95. The fourth-order valence-electron chi connectivity index (χ4n) is 2.17. The number of nitrogens with zero attached hydrogens (tertiary/aromatic N) is 1. The summed E-state index contributed by atoms with van der Waals surface area (Å²) in [6, 6.07) is 16.4. The van der Waals surface area contributed by atoms with Crippen LogP contribution in [0, 0.1) is 0 Å². The van der Waals surface area contributed by atoms with Crippen LogP contribution in [0.3, 0.4) is 0 Å². The normalized spacial score (nSPS) is 10.6. The summed E-state index contributed by atoms with van der Waals surface area (Å²) in [4.78, 5) is 11.9. The summed E-state index contributed by atoms with van der Waals surface area (Å²) >= 11 is 13.5. The van der Waals surface area contributed by atoms with E-state index in [-0.39, 0.29) is 5.91 Å². The van der Waals surface area contributed by atoms with Gasteiger partial charge in [0.1, 0.15) is 11.5 Å². The molecular formula is C18H14Cl2N2O2S. The molecule has 0 saturated heterocycles. The van der Waals surface area contributed by atoms with Gasteiger partial charge in [0.25, 0.3) is 0 Å². The third kappa shape index (κ3) is 5.01. The number of amides is 1. The number of halogens is 2. The van der Waals surface area contributed by atoms with E-state index in [1.54, 1.807) is 18.2 Å². The number of benzene rings is 2. The number of rotatable bonds is 6. The van der Waals surface area contributed by atoms with E-state index in [2.05, 4.69) is 10.5 Å². The second kappa shape index (κ2) is 8.43. The summed E-state index contributed by atoms with van der Waals surface area (Å²) in [7, 11) is 0. The van der Waals surface area contributed by atoms with Crippen LogP contribution in [0.2, 0.25) is 10.0 Å². The van der Waals surface area contributed by atoms with E-state index in [4.69, 9.17) is 27.7 Å². The molecule has 0 radical (unpaired) electrons. The Morgan fingerprint density at radius 1 is 1.12 bits per heavy atom. The summed E-state index contributed by atoms with van der Waals surface area (Å²) in [6.45, 7) is 0. The molecule has 1 amide bonds. The molecule has 25 heavy (non-hydrogen) atoms. The van der Waals surface area contributed by atoms with Gasteiger partial charge in [-0.2, -0.15) is 0 Å². The van der Waals surface area contributed by atoms with Gasteiger partial charge in [0.15, 0.2) is 0 Å². The minimum Gasteiger partial charge on any atom is -0.360 e. The SMILES string of the molecule is O=C(CSCc1cc(-c2ccc(Cl)cc2Cl)no1)Nc1ccccc1. The molecule has 0 atom stereocenters. The maximum Gasteiger partial charge on any atom is 0.234 e. The lowest BCUT2D eigenvalue weighted by Gasteiger charge is -2.03. The standard InChI is InChI=1S/C18H14Cl2N2O2S/c19-12-6-7-15(16(20)8-12)17-9-14(24-22-17)10-25-11-18(23)21-13-4-2-1-3-5-13/h1-9H,10-11H2,(H,21,23). The Labute approximate surface area is 159 Å². The van der Waals surface area contributed by atoms with Crippen LogP contribution in [0.15, 0.2) is 59.1 Å². The van der Waals surface area contributed by atoms with Crippen LogP contribution in [-0.4, -0.2) is 16.8 Å². The second-order valence-electron chi connectivity index (χ2n) is 5.21. The molecule has 0 unspecified atom stereocenters. The molecule has 1 heterocycles. The van der Waals surface area contributed by atoms with E-state index < -0.39 is 0 Å². The molecule has 0 fully saturated rings. The third-order valence-electron chi connectivity index (χ3n) is 3.30. The molecule has 128 valence electrons. The first-order chi connectivity index (χ1) is 12.1. The topological polar surface area (TPSA) is 55.1 Å². The number of para-hydroxylation sites is 1. The number of hydrogen-bond donors (Lipinski definition) is 1. The van der Waals surface area contributed by atoms with E-state index in [0.717, 1.165) is 11.3 Å². The number of anilines is 1. The lowest BCUT2D eigenvalue weighted by Crippen LogP contribution is -2.13. The molecule has 3 rings (SSSR count). The van der Waals surface area contributed by atoms with Crippen molar-refractivity contribution in [3.05, 3.63) is 70.4 Å². The van der Waals surface area contributed by atoms with Gasteiger partial charge in [-0.3, -0.25) is 4.79 Å². The van der Waals surface area contributed by atoms with Gasteiger partial charge < -0.3 is 9.84 Å². The van der Waals surface area contributed by atoms with Crippen LogP contribution >= 0.6 is 35.0 Å². The van der Waals surface area contributed by atoms with Gasteiger partial charge in [0.05, 0.1) is 16.5 Å².